The number of piperazine rings is 1. The van der Waals surface area contributed by atoms with Crippen LogP contribution in [0.15, 0.2) is 77.6 Å². The first-order chi connectivity index (χ1) is 18.0. The van der Waals surface area contributed by atoms with E-state index in [1.165, 1.54) is 4.90 Å². The van der Waals surface area contributed by atoms with Gasteiger partial charge in [-0.1, -0.05) is 24.3 Å². The molecule has 9 heteroatoms. The minimum absolute atomic E-state index is 0.187. The molecule has 1 aliphatic rings. The van der Waals surface area contributed by atoms with Gasteiger partial charge in [0.2, 0.25) is 0 Å². The zero-order chi connectivity index (χ0) is 25.5. The Balaban J connectivity index is 1.23. The van der Waals surface area contributed by atoms with Gasteiger partial charge in [-0.3, -0.25) is 24.4 Å². The van der Waals surface area contributed by atoms with Crippen LogP contribution in [0, 0.1) is 0 Å². The summed E-state index contributed by atoms with van der Waals surface area (Å²) in [7, 11) is 0. The number of fused-ring (bicyclic) bond motifs is 2. The van der Waals surface area contributed by atoms with Crippen molar-refractivity contribution in [1.82, 2.24) is 24.8 Å². The summed E-state index contributed by atoms with van der Waals surface area (Å²) in [6, 6.07) is 16.1. The zero-order valence-corrected chi connectivity index (χ0v) is 20.0. The van der Waals surface area contributed by atoms with E-state index in [2.05, 4.69) is 15.0 Å². The maximum atomic E-state index is 13.3. The van der Waals surface area contributed by atoms with Gasteiger partial charge in [-0.2, -0.15) is 0 Å². The molecule has 1 saturated heterocycles. The van der Waals surface area contributed by atoms with Gasteiger partial charge in [0.15, 0.2) is 5.76 Å². The van der Waals surface area contributed by atoms with Crippen molar-refractivity contribution in [3.05, 3.63) is 84.4 Å². The molecule has 1 unspecified atom stereocenters. The number of benzene rings is 1. The van der Waals surface area contributed by atoms with Crippen LogP contribution in [0.4, 0.5) is 0 Å². The predicted molar refractivity (Wildman–Crippen MR) is 137 cm³/mol. The van der Waals surface area contributed by atoms with Crippen molar-refractivity contribution in [1.29, 1.82) is 0 Å². The van der Waals surface area contributed by atoms with Crippen LogP contribution in [0.5, 0.6) is 0 Å². The van der Waals surface area contributed by atoms with Crippen LogP contribution >= 0.6 is 0 Å². The fourth-order valence-corrected chi connectivity index (χ4v) is 4.87. The lowest BCUT2D eigenvalue weighted by Gasteiger charge is -2.39. The monoisotopic (exact) mass is 493 g/mol. The minimum atomic E-state index is -0.607. The molecule has 0 spiro atoms. The fourth-order valence-electron chi connectivity index (χ4n) is 4.87. The number of para-hydroxylation sites is 1. The van der Waals surface area contributed by atoms with Gasteiger partial charge in [0, 0.05) is 55.0 Å². The SMILES string of the molecule is CC1CN(C(=O)c2ccccn2)CCN1C(=O)C(=O)c1c[nH]c2c(-c3cc4ccccc4o3)nccc12. The van der Waals surface area contributed by atoms with Gasteiger partial charge in [0.1, 0.15) is 17.0 Å². The normalized spacial score (nSPS) is 15.9. The van der Waals surface area contributed by atoms with Crippen molar-refractivity contribution < 1.29 is 18.8 Å². The van der Waals surface area contributed by atoms with Crippen LogP contribution in [0.1, 0.15) is 27.8 Å². The average molecular weight is 494 g/mol. The van der Waals surface area contributed by atoms with Crippen molar-refractivity contribution in [3.63, 3.8) is 0 Å². The maximum Gasteiger partial charge on any atom is 0.295 e. The first-order valence-corrected chi connectivity index (χ1v) is 12.0. The topological polar surface area (TPSA) is 112 Å². The van der Waals surface area contributed by atoms with Crippen molar-refractivity contribution in [3.8, 4) is 11.5 Å². The minimum Gasteiger partial charge on any atom is -0.454 e. The number of pyridine rings is 2. The van der Waals surface area contributed by atoms with E-state index in [-0.39, 0.29) is 24.1 Å². The van der Waals surface area contributed by atoms with E-state index in [1.807, 2.05) is 37.3 Å². The summed E-state index contributed by atoms with van der Waals surface area (Å²) in [5, 5.41) is 1.55. The molecule has 1 aliphatic heterocycles. The third-order valence-electron chi connectivity index (χ3n) is 6.76. The second kappa shape index (κ2) is 9.02. The van der Waals surface area contributed by atoms with E-state index in [1.54, 1.807) is 47.8 Å². The molecule has 6 rings (SSSR count). The van der Waals surface area contributed by atoms with Crippen molar-refractivity contribution in [2.24, 2.45) is 0 Å². The molecule has 1 fully saturated rings. The molecule has 1 atom stereocenters. The number of ketones is 1. The predicted octanol–water partition coefficient (Wildman–Crippen LogP) is 3.93. The van der Waals surface area contributed by atoms with Gasteiger partial charge in [-0.05, 0) is 37.3 Å². The number of H-pyrrole nitrogens is 1. The number of carbonyl (C=O) groups is 3. The summed E-state index contributed by atoms with van der Waals surface area (Å²) < 4.78 is 5.97. The lowest BCUT2D eigenvalue weighted by molar-refractivity contribution is -0.130. The van der Waals surface area contributed by atoms with Gasteiger partial charge >= 0.3 is 0 Å². The summed E-state index contributed by atoms with van der Waals surface area (Å²) in [6.45, 7) is 2.75. The number of nitrogens with zero attached hydrogens (tertiary/aromatic N) is 4. The largest absolute Gasteiger partial charge is 0.454 e. The molecule has 37 heavy (non-hydrogen) atoms. The van der Waals surface area contributed by atoms with Crippen LogP contribution in [0.2, 0.25) is 0 Å². The highest BCUT2D eigenvalue weighted by molar-refractivity contribution is 6.45. The average Bonchev–Trinajstić information content (AvgIpc) is 3.57. The number of carbonyl (C=O) groups excluding carboxylic acids is 3. The van der Waals surface area contributed by atoms with Crippen molar-refractivity contribution in [2.45, 2.75) is 13.0 Å². The number of hydrogen-bond acceptors (Lipinski definition) is 6. The molecule has 0 radical (unpaired) electrons. The second-order valence-corrected chi connectivity index (χ2v) is 9.08. The molecular weight excluding hydrogens is 470 g/mol. The summed E-state index contributed by atoms with van der Waals surface area (Å²) in [5.74, 6) is -0.820. The van der Waals surface area contributed by atoms with Crippen LogP contribution in [0.25, 0.3) is 33.3 Å². The maximum absolute atomic E-state index is 13.3. The number of nitrogens with one attached hydrogen (secondary N) is 1. The first kappa shape index (κ1) is 22.7. The van der Waals surface area contributed by atoms with Gasteiger partial charge < -0.3 is 19.2 Å². The quantitative estimate of drug-likeness (QED) is 0.300. The highest BCUT2D eigenvalue weighted by atomic mass is 16.3. The molecule has 0 bridgehead atoms. The van der Waals surface area contributed by atoms with Gasteiger partial charge in [-0.25, -0.2) is 0 Å². The molecule has 4 aromatic heterocycles. The van der Waals surface area contributed by atoms with Gasteiger partial charge in [0.25, 0.3) is 17.6 Å². The summed E-state index contributed by atoms with van der Waals surface area (Å²) >= 11 is 0. The number of rotatable bonds is 4. The Kier molecular flexibility index (Phi) is 5.52. The van der Waals surface area contributed by atoms with Crippen LogP contribution in [0.3, 0.4) is 0 Å². The van der Waals surface area contributed by atoms with E-state index >= 15 is 0 Å². The van der Waals surface area contributed by atoms with E-state index in [0.29, 0.717) is 41.1 Å². The molecule has 2 amide bonds. The Hall–Kier alpha value is -4.79. The van der Waals surface area contributed by atoms with Gasteiger partial charge in [-0.15, -0.1) is 0 Å². The number of amides is 2. The van der Waals surface area contributed by atoms with Gasteiger partial charge in [0.05, 0.1) is 11.1 Å². The summed E-state index contributed by atoms with van der Waals surface area (Å²) in [5.41, 5.74) is 2.56. The van der Waals surface area contributed by atoms with E-state index < -0.39 is 11.7 Å². The summed E-state index contributed by atoms with van der Waals surface area (Å²) in [6.07, 6.45) is 4.72. The summed E-state index contributed by atoms with van der Waals surface area (Å²) in [4.78, 5) is 54.3. The molecule has 1 N–H and O–H groups in total. The Morgan fingerprint density at radius 2 is 1.84 bits per heavy atom. The molecule has 0 saturated carbocycles. The lowest BCUT2D eigenvalue weighted by atomic mass is 10.1. The van der Waals surface area contributed by atoms with E-state index in [4.69, 9.17) is 4.42 Å². The molecule has 0 aliphatic carbocycles. The Bertz CT molecular complexity index is 1620. The van der Waals surface area contributed by atoms with E-state index in [0.717, 1.165) is 11.0 Å². The molecular formula is C28H23N5O4. The van der Waals surface area contributed by atoms with Crippen molar-refractivity contribution >= 4 is 39.5 Å². The zero-order valence-electron chi connectivity index (χ0n) is 20.0. The highest BCUT2D eigenvalue weighted by Gasteiger charge is 2.34. The van der Waals surface area contributed by atoms with Crippen LogP contribution in [-0.2, 0) is 4.79 Å². The number of hydrogen-bond donors (Lipinski definition) is 1. The molecule has 5 heterocycles. The molecule has 1 aromatic carbocycles. The van der Waals surface area contributed by atoms with Crippen LogP contribution in [-0.4, -0.2) is 68.0 Å². The molecule has 184 valence electrons. The van der Waals surface area contributed by atoms with E-state index in [9.17, 15) is 14.4 Å². The second-order valence-electron chi connectivity index (χ2n) is 9.08. The molecule has 9 nitrogen and oxygen atoms in total. The Labute approximate surface area is 211 Å². The molecule has 5 aromatic rings. The van der Waals surface area contributed by atoms with Crippen molar-refractivity contribution in [2.75, 3.05) is 19.6 Å². The fraction of sp³-hybridized carbons (Fsp3) is 0.179. The third kappa shape index (κ3) is 3.94. The lowest BCUT2D eigenvalue weighted by Crippen LogP contribution is -2.56. The number of aromatic nitrogens is 3. The number of Topliss-reactive ketones (excluding diaryl/α,β-unsaturated/α-hetero) is 1. The smallest absolute Gasteiger partial charge is 0.295 e. The van der Waals surface area contributed by atoms with Crippen LogP contribution < -0.4 is 0 Å². The third-order valence-corrected chi connectivity index (χ3v) is 6.76. The number of aromatic amines is 1. The Morgan fingerprint density at radius 1 is 1.00 bits per heavy atom. The standard InChI is InChI=1S/C28H23N5O4/c1-17-16-32(27(35)21-7-4-5-10-29-21)12-13-33(17)28(36)26(34)20-15-31-24-19(20)9-11-30-25(24)23-14-18-6-2-3-8-22(18)37-23/h2-11,14-15,17,31H,12-13,16H2,1H3. The highest BCUT2D eigenvalue weighted by Crippen LogP contribution is 2.32. The Morgan fingerprint density at radius 3 is 2.62 bits per heavy atom. The number of furan rings is 1. The first-order valence-electron chi connectivity index (χ1n) is 12.0.